The zero-order chi connectivity index (χ0) is 19.9. The van der Waals surface area contributed by atoms with E-state index in [1.807, 2.05) is 18.2 Å². The maximum atomic E-state index is 12.0. The minimum atomic E-state index is 0.0891. The molecule has 5 heteroatoms. The Morgan fingerprint density at radius 2 is 1.67 bits per heavy atom. The van der Waals surface area contributed by atoms with Gasteiger partial charge in [-0.25, -0.2) is 0 Å². The van der Waals surface area contributed by atoms with Crippen LogP contribution in [-0.2, 0) is 22.4 Å². The first-order valence-corrected chi connectivity index (χ1v) is 11.0. The normalized spacial score (nSPS) is 11.4. The predicted octanol–water partition coefficient (Wildman–Crippen LogP) is 6.27. The molecule has 0 atom stereocenters. The van der Waals surface area contributed by atoms with Crippen molar-refractivity contribution in [2.75, 3.05) is 12.3 Å². The van der Waals surface area contributed by atoms with Gasteiger partial charge in [0.25, 0.3) is 0 Å². The Hall–Kier alpha value is -1.16. The van der Waals surface area contributed by atoms with Gasteiger partial charge in [-0.1, -0.05) is 74.3 Å². The SMILES string of the molecule is CC(C)(C)c1ccc(CCC(=O)NCCSCc2c(Cl)cccc2Cl)cc1. The van der Waals surface area contributed by atoms with Gasteiger partial charge in [0.2, 0.25) is 5.91 Å². The number of hydrogen-bond acceptors (Lipinski definition) is 2. The van der Waals surface area contributed by atoms with Crippen molar-refractivity contribution in [2.24, 2.45) is 0 Å². The van der Waals surface area contributed by atoms with E-state index in [1.165, 1.54) is 11.1 Å². The third-order valence-electron chi connectivity index (χ3n) is 4.34. The zero-order valence-electron chi connectivity index (χ0n) is 16.1. The molecule has 2 aromatic carbocycles. The van der Waals surface area contributed by atoms with Gasteiger partial charge in [-0.15, -0.1) is 0 Å². The summed E-state index contributed by atoms with van der Waals surface area (Å²) in [6, 6.07) is 14.1. The van der Waals surface area contributed by atoms with Crippen molar-refractivity contribution in [3.05, 3.63) is 69.2 Å². The van der Waals surface area contributed by atoms with E-state index >= 15 is 0 Å². The van der Waals surface area contributed by atoms with Crippen molar-refractivity contribution in [3.63, 3.8) is 0 Å². The Morgan fingerprint density at radius 3 is 2.26 bits per heavy atom. The van der Waals surface area contributed by atoms with Crippen LogP contribution in [0.4, 0.5) is 0 Å². The highest BCUT2D eigenvalue weighted by Crippen LogP contribution is 2.28. The molecule has 0 bridgehead atoms. The molecule has 0 aliphatic rings. The number of amides is 1. The topological polar surface area (TPSA) is 29.1 Å². The van der Waals surface area contributed by atoms with E-state index in [9.17, 15) is 4.79 Å². The van der Waals surface area contributed by atoms with Gasteiger partial charge in [-0.05, 0) is 40.7 Å². The van der Waals surface area contributed by atoms with Crippen LogP contribution >= 0.6 is 35.0 Å². The van der Waals surface area contributed by atoms with Crippen molar-refractivity contribution in [3.8, 4) is 0 Å². The zero-order valence-corrected chi connectivity index (χ0v) is 18.5. The highest BCUT2D eigenvalue weighted by molar-refractivity contribution is 7.98. The molecule has 0 aromatic heterocycles. The maximum Gasteiger partial charge on any atom is 0.220 e. The fourth-order valence-corrected chi connectivity index (χ4v) is 4.22. The van der Waals surface area contributed by atoms with Gasteiger partial charge in [0.05, 0.1) is 0 Å². The molecule has 0 heterocycles. The Kier molecular flexibility index (Phi) is 8.53. The van der Waals surface area contributed by atoms with E-state index in [0.717, 1.165) is 23.5 Å². The van der Waals surface area contributed by atoms with E-state index in [2.05, 4.69) is 50.4 Å². The molecule has 1 amide bonds. The molecule has 0 saturated heterocycles. The third-order valence-corrected chi connectivity index (χ3v) is 6.03. The second kappa shape index (κ2) is 10.4. The number of rotatable bonds is 8. The molecular weight excluding hydrogens is 397 g/mol. The van der Waals surface area contributed by atoms with Crippen molar-refractivity contribution in [1.29, 1.82) is 0 Å². The van der Waals surface area contributed by atoms with Crippen molar-refractivity contribution >= 4 is 40.9 Å². The van der Waals surface area contributed by atoms with Crippen molar-refractivity contribution in [2.45, 2.75) is 44.8 Å². The summed E-state index contributed by atoms with van der Waals surface area (Å²) in [5, 5.41) is 4.36. The molecule has 0 saturated carbocycles. The maximum absolute atomic E-state index is 12.0. The van der Waals surface area contributed by atoms with Crippen LogP contribution in [0.1, 0.15) is 43.9 Å². The van der Waals surface area contributed by atoms with Crippen LogP contribution in [-0.4, -0.2) is 18.2 Å². The van der Waals surface area contributed by atoms with Gasteiger partial charge >= 0.3 is 0 Å². The van der Waals surface area contributed by atoms with Gasteiger partial charge in [0.1, 0.15) is 0 Å². The molecule has 27 heavy (non-hydrogen) atoms. The Morgan fingerprint density at radius 1 is 1.04 bits per heavy atom. The van der Waals surface area contributed by atoms with Crippen LogP contribution in [0.5, 0.6) is 0 Å². The standard InChI is InChI=1S/C22H27Cl2NOS/c1-22(2,3)17-10-7-16(8-11-17)9-12-21(26)25-13-14-27-15-18-19(23)5-4-6-20(18)24/h4-8,10-11H,9,12-15H2,1-3H3,(H,25,26). The first-order valence-electron chi connectivity index (χ1n) is 9.14. The van der Waals surface area contributed by atoms with Crippen LogP contribution in [0.15, 0.2) is 42.5 Å². The number of thioether (sulfide) groups is 1. The first kappa shape index (κ1) is 22.1. The van der Waals surface area contributed by atoms with Gasteiger partial charge < -0.3 is 5.32 Å². The molecule has 0 unspecified atom stereocenters. The molecule has 0 aliphatic carbocycles. The lowest BCUT2D eigenvalue weighted by molar-refractivity contribution is -0.120. The summed E-state index contributed by atoms with van der Waals surface area (Å²) in [6.45, 7) is 7.25. The summed E-state index contributed by atoms with van der Waals surface area (Å²) in [5.74, 6) is 1.66. The molecule has 1 N–H and O–H groups in total. The first-order chi connectivity index (χ1) is 12.8. The molecule has 146 valence electrons. The van der Waals surface area contributed by atoms with Crippen molar-refractivity contribution < 1.29 is 4.79 Å². The third kappa shape index (κ3) is 7.40. The number of benzene rings is 2. The summed E-state index contributed by atoms with van der Waals surface area (Å²) in [5.41, 5.74) is 3.62. The number of carbonyl (C=O) groups excluding carboxylic acids is 1. The molecule has 2 aromatic rings. The summed E-state index contributed by atoms with van der Waals surface area (Å²) >= 11 is 14.0. The van der Waals surface area contributed by atoms with Crippen LogP contribution in [0.2, 0.25) is 10.0 Å². The fraction of sp³-hybridized carbons (Fsp3) is 0.409. The van der Waals surface area contributed by atoms with Gasteiger partial charge in [0.15, 0.2) is 0 Å². The summed E-state index contributed by atoms with van der Waals surface area (Å²) in [6.07, 6.45) is 1.27. The van der Waals surface area contributed by atoms with Gasteiger partial charge in [-0.3, -0.25) is 4.79 Å². The minimum absolute atomic E-state index is 0.0891. The summed E-state index contributed by atoms with van der Waals surface area (Å²) in [7, 11) is 0. The smallest absolute Gasteiger partial charge is 0.220 e. The van der Waals surface area contributed by atoms with Crippen LogP contribution in [0, 0.1) is 0 Å². The van der Waals surface area contributed by atoms with E-state index in [0.29, 0.717) is 23.0 Å². The van der Waals surface area contributed by atoms with Crippen LogP contribution in [0.25, 0.3) is 0 Å². The monoisotopic (exact) mass is 423 g/mol. The minimum Gasteiger partial charge on any atom is -0.355 e. The molecule has 0 radical (unpaired) electrons. The molecular formula is C22H27Cl2NOS. The van der Waals surface area contributed by atoms with Gasteiger partial charge in [0, 0.05) is 34.5 Å². The lowest BCUT2D eigenvalue weighted by atomic mass is 9.86. The number of carbonyl (C=O) groups is 1. The van der Waals surface area contributed by atoms with Crippen LogP contribution in [0.3, 0.4) is 0 Å². The van der Waals surface area contributed by atoms with E-state index < -0.39 is 0 Å². The summed E-state index contributed by atoms with van der Waals surface area (Å²) < 4.78 is 0. The average molecular weight is 424 g/mol. The van der Waals surface area contributed by atoms with E-state index in [4.69, 9.17) is 23.2 Å². The quantitative estimate of drug-likeness (QED) is 0.506. The molecule has 0 fully saturated rings. The second-order valence-electron chi connectivity index (χ2n) is 7.55. The highest BCUT2D eigenvalue weighted by atomic mass is 35.5. The van der Waals surface area contributed by atoms with Crippen LogP contribution < -0.4 is 5.32 Å². The lowest BCUT2D eigenvalue weighted by Crippen LogP contribution is -2.25. The number of hydrogen-bond donors (Lipinski definition) is 1. The molecule has 2 nitrogen and oxygen atoms in total. The summed E-state index contributed by atoms with van der Waals surface area (Å²) in [4.78, 5) is 12.0. The largest absolute Gasteiger partial charge is 0.355 e. The van der Waals surface area contributed by atoms with E-state index in [1.54, 1.807) is 11.8 Å². The Bertz CT molecular complexity index is 734. The van der Waals surface area contributed by atoms with E-state index in [-0.39, 0.29) is 11.3 Å². The number of halogens is 2. The predicted molar refractivity (Wildman–Crippen MR) is 119 cm³/mol. The van der Waals surface area contributed by atoms with Crippen molar-refractivity contribution in [1.82, 2.24) is 5.32 Å². The second-order valence-corrected chi connectivity index (χ2v) is 9.47. The molecule has 0 spiro atoms. The fourth-order valence-electron chi connectivity index (χ4n) is 2.62. The molecule has 0 aliphatic heterocycles. The lowest BCUT2D eigenvalue weighted by Gasteiger charge is -2.19. The van der Waals surface area contributed by atoms with Gasteiger partial charge in [-0.2, -0.15) is 11.8 Å². The highest BCUT2D eigenvalue weighted by Gasteiger charge is 2.13. The number of aryl methyl sites for hydroxylation is 1. The average Bonchev–Trinajstić information content (AvgIpc) is 2.61. The Balaban J connectivity index is 1.65. The number of nitrogens with one attached hydrogen (secondary N) is 1. The molecule has 2 rings (SSSR count). The Labute approximate surface area is 177 Å².